The quantitative estimate of drug-likeness (QED) is 0.501. The second-order valence-electron chi connectivity index (χ2n) is 6.49. The summed E-state index contributed by atoms with van der Waals surface area (Å²) in [5, 5.41) is 5.20. The van der Waals surface area contributed by atoms with E-state index in [0.717, 1.165) is 4.90 Å². The van der Waals surface area contributed by atoms with Crippen molar-refractivity contribution in [3.63, 3.8) is 0 Å². The van der Waals surface area contributed by atoms with Crippen LogP contribution in [0.4, 0.5) is 4.79 Å². The van der Waals surface area contributed by atoms with Crippen LogP contribution >= 0.6 is 11.8 Å². The Morgan fingerprint density at radius 2 is 1.77 bits per heavy atom. The van der Waals surface area contributed by atoms with Crippen LogP contribution in [0.2, 0.25) is 0 Å². The van der Waals surface area contributed by atoms with Gasteiger partial charge in [-0.05, 0) is 43.0 Å². The minimum atomic E-state index is -3.79. The van der Waals surface area contributed by atoms with Crippen molar-refractivity contribution in [3.05, 3.63) is 71.4 Å². The molecule has 9 heteroatoms. The number of amides is 2. The number of thioether (sulfide) groups is 1. The average molecular weight is 447 g/mol. The second kappa shape index (κ2) is 9.36. The molecule has 0 aliphatic carbocycles. The molecule has 1 heterocycles. The highest BCUT2D eigenvalue weighted by Crippen LogP contribution is 2.30. The van der Waals surface area contributed by atoms with Crippen molar-refractivity contribution in [2.45, 2.75) is 22.8 Å². The Morgan fingerprint density at radius 3 is 2.37 bits per heavy atom. The van der Waals surface area contributed by atoms with E-state index in [1.807, 2.05) is 18.4 Å². The topological polar surface area (TPSA) is 102 Å². The minimum absolute atomic E-state index is 0.0139. The normalized spacial score (nSPS) is 16.6. The van der Waals surface area contributed by atoms with Crippen LogP contribution in [0.25, 0.3) is 0 Å². The van der Waals surface area contributed by atoms with Gasteiger partial charge in [0.2, 0.25) is 0 Å². The molecule has 1 atom stereocenters. The van der Waals surface area contributed by atoms with Gasteiger partial charge in [-0.2, -0.15) is 0 Å². The summed E-state index contributed by atoms with van der Waals surface area (Å²) in [6, 6.07) is 13.8. The van der Waals surface area contributed by atoms with Crippen LogP contribution < -0.4 is 10.6 Å². The molecule has 0 saturated carbocycles. The summed E-state index contributed by atoms with van der Waals surface area (Å²) in [7, 11) is -3.79. The van der Waals surface area contributed by atoms with E-state index in [-0.39, 0.29) is 22.8 Å². The van der Waals surface area contributed by atoms with Gasteiger partial charge in [0.05, 0.1) is 28.9 Å². The molecule has 2 aromatic rings. The third-order valence-corrected chi connectivity index (χ3v) is 6.94. The zero-order valence-corrected chi connectivity index (χ0v) is 18.2. The lowest BCUT2D eigenvalue weighted by Crippen LogP contribution is -2.47. The molecule has 0 aromatic heterocycles. The molecule has 0 saturated heterocycles. The lowest BCUT2D eigenvalue weighted by atomic mass is 9.95. The Balaban J connectivity index is 2.08. The molecular weight excluding hydrogens is 424 g/mol. The van der Waals surface area contributed by atoms with Crippen molar-refractivity contribution in [1.82, 2.24) is 10.6 Å². The molecule has 0 fully saturated rings. The van der Waals surface area contributed by atoms with Gasteiger partial charge in [0.25, 0.3) is 0 Å². The molecule has 2 aromatic carbocycles. The Hall–Kier alpha value is -2.78. The Bertz CT molecular complexity index is 1060. The van der Waals surface area contributed by atoms with Gasteiger partial charge in [-0.15, -0.1) is 11.8 Å². The van der Waals surface area contributed by atoms with Gasteiger partial charge in [-0.1, -0.05) is 30.3 Å². The number of rotatable bonds is 7. The number of nitrogens with one attached hydrogen (secondary N) is 2. The van der Waals surface area contributed by atoms with Crippen molar-refractivity contribution in [3.8, 4) is 0 Å². The number of carbonyl (C=O) groups excluding carboxylic acids is 2. The van der Waals surface area contributed by atoms with Crippen LogP contribution in [-0.2, 0) is 19.4 Å². The molecule has 7 nitrogen and oxygen atoms in total. The van der Waals surface area contributed by atoms with Gasteiger partial charge >= 0.3 is 12.0 Å². The predicted molar refractivity (Wildman–Crippen MR) is 115 cm³/mol. The minimum Gasteiger partial charge on any atom is -0.463 e. The van der Waals surface area contributed by atoms with Crippen LogP contribution in [0, 0.1) is 0 Å². The number of esters is 1. The first kappa shape index (κ1) is 21.9. The first-order valence-corrected chi connectivity index (χ1v) is 12.1. The van der Waals surface area contributed by atoms with Gasteiger partial charge in [0.15, 0.2) is 9.84 Å². The zero-order chi connectivity index (χ0) is 21.7. The number of carbonyl (C=O) groups is 2. The molecule has 0 spiro atoms. The van der Waals surface area contributed by atoms with Crippen LogP contribution in [0.1, 0.15) is 18.5 Å². The van der Waals surface area contributed by atoms with Gasteiger partial charge in [-0.25, -0.2) is 18.0 Å². The van der Waals surface area contributed by atoms with Crippen molar-refractivity contribution in [2.24, 2.45) is 0 Å². The zero-order valence-electron chi connectivity index (χ0n) is 16.5. The lowest BCUT2D eigenvalue weighted by molar-refractivity contribution is -0.139. The first-order chi connectivity index (χ1) is 14.4. The summed E-state index contributed by atoms with van der Waals surface area (Å²) in [6.45, 7) is 1.78. The van der Waals surface area contributed by atoms with E-state index in [1.54, 1.807) is 49.0 Å². The average Bonchev–Trinajstić information content (AvgIpc) is 2.74. The fourth-order valence-electron chi connectivity index (χ4n) is 3.13. The Labute approximate surface area is 179 Å². The van der Waals surface area contributed by atoms with E-state index in [0.29, 0.717) is 5.56 Å². The second-order valence-corrected chi connectivity index (χ2v) is 9.36. The number of sulfone groups is 1. The van der Waals surface area contributed by atoms with Crippen molar-refractivity contribution >= 4 is 33.6 Å². The fourth-order valence-corrected chi connectivity index (χ4v) is 4.88. The van der Waals surface area contributed by atoms with E-state index in [9.17, 15) is 18.0 Å². The highest BCUT2D eigenvalue weighted by Gasteiger charge is 2.35. The van der Waals surface area contributed by atoms with Crippen LogP contribution in [0.5, 0.6) is 0 Å². The largest absolute Gasteiger partial charge is 0.463 e. The highest BCUT2D eigenvalue weighted by molar-refractivity contribution is 7.98. The van der Waals surface area contributed by atoms with Crippen LogP contribution in [0.3, 0.4) is 0 Å². The third-order valence-electron chi connectivity index (χ3n) is 4.53. The highest BCUT2D eigenvalue weighted by atomic mass is 32.2. The SMILES string of the molecule is CCOC(=O)C1=C(CS(=O)(=O)c2ccccc2)NC(=O)N[C@@H]1c1ccc(SC)cc1. The molecule has 158 valence electrons. The summed E-state index contributed by atoms with van der Waals surface area (Å²) >= 11 is 1.56. The molecule has 0 bridgehead atoms. The molecule has 2 N–H and O–H groups in total. The standard InChI is InChI=1S/C21H22N2O5S2/c1-3-28-20(24)18-17(13-30(26,27)16-7-5-4-6-8-16)22-21(25)23-19(18)14-9-11-15(29-2)12-10-14/h4-12,19H,3,13H2,1-2H3,(H2,22,23,25)/t19-/m1/s1. The maximum Gasteiger partial charge on any atom is 0.338 e. The molecule has 3 rings (SSSR count). The summed E-state index contributed by atoms with van der Waals surface area (Å²) in [5.41, 5.74) is 0.744. The predicted octanol–water partition coefficient (Wildman–Crippen LogP) is 3.05. The molecule has 2 amide bonds. The van der Waals surface area contributed by atoms with E-state index >= 15 is 0 Å². The lowest BCUT2D eigenvalue weighted by Gasteiger charge is -2.29. The Kier molecular flexibility index (Phi) is 6.84. The van der Waals surface area contributed by atoms with Gasteiger partial charge in [-0.3, -0.25) is 0 Å². The van der Waals surface area contributed by atoms with Crippen molar-refractivity contribution < 1.29 is 22.7 Å². The van der Waals surface area contributed by atoms with Gasteiger partial charge in [0.1, 0.15) is 0 Å². The maximum absolute atomic E-state index is 12.9. The molecule has 1 aliphatic heterocycles. The summed E-state index contributed by atoms with van der Waals surface area (Å²) in [6.07, 6.45) is 1.94. The molecular formula is C21H22N2O5S2. The van der Waals surface area contributed by atoms with Crippen molar-refractivity contribution in [2.75, 3.05) is 18.6 Å². The van der Waals surface area contributed by atoms with Crippen LogP contribution in [-0.4, -0.2) is 39.0 Å². The molecule has 0 radical (unpaired) electrons. The van der Waals surface area contributed by atoms with E-state index < -0.39 is 33.6 Å². The summed E-state index contributed by atoms with van der Waals surface area (Å²) in [5.74, 6) is -1.21. The number of benzene rings is 2. The third kappa shape index (κ3) is 4.85. The van der Waals surface area contributed by atoms with Gasteiger partial charge < -0.3 is 15.4 Å². The smallest absolute Gasteiger partial charge is 0.338 e. The number of urea groups is 1. The summed E-state index contributed by atoms with van der Waals surface area (Å²) < 4.78 is 31.0. The summed E-state index contributed by atoms with van der Waals surface area (Å²) in [4.78, 5) is 26.2. The Morgan fingerprint density at radius 1 is 1.10 bits per heavy atom. The van der Waals surface area contributed by atoms with E-state index in [2.05, 4.69) is 10.6 Å². The number of hydrogen-bond acceptors (Lipinski definition) is 6. The number of ether oxygens (including phenoxy) is 1. The van der Waals surface area contributed by atoms with E-state index in [1.165, 1.54) is 12.1 Å². The maximum atomic E-state index is 12.9. The number of hydrogen-bond donors (Lipinski definition) is 2. The van der Waals surface area contributed by atoms with Gasteiger partial charge in [0, 0.05) is 10.6 Å². The monoisotopic (exact) mass is 446 g/mol. The fraction of sp³-hybridized carbons (Fsp3) is 0.238. The van der Waals surface area contributed by atoms with Crippen molar-refractivity contribution in [1.29, 1.82) is 0 Å². The molecule has 1 aliphatic rings. The van der Waals surface area contributed by atoms with Crippen LogP contribution in [0.15, 0.2) is 75.7 Å². The molecule has 0 unspecified atom stereocenters. The first-order valence-electron chi connectivity index (χ1n) is 9.25. The van der Waals surface area contributed by atoms with E-state index in [4.69, 9.17) is 4.74 Å². The molecule has 30 heavy (non-hydrogen) atoms.